The van der Waals surface area contributed by atoms with Gasteiger partial charge in [0.15, 0.2) is 9.84 Å². The molecule has 0 radical (unpaired) electrons. The Kier molecular flexibility index (Phi) is 4.00. The molecule has 2 aliphatic rings. The van der Waals surface area contributed by atoms with E-state index in [0.717, 1.165) is 0 Å². The predicted octanol–water partition coefficient (Wildman–Crippen LogP) is -0.640. The van der Waals surface area contributed by atoms with Gasteiger partial charge in [-0.3, -0.25) is 0 Å². The fourth-order valence-electron chi connectivity index (χ4n) is 2.79. The van der Waals surface area contributed by atoms with E-state index < -0.39 is 32.1 Å². The minimum atomic E-state index is -3.19. The lowest BCUT2D eigenvalue weighted by molar-refractivity contribution is -1.02. The Balaban J connectivity index is 2.38. The van der Waals surface area contributed by atoms with E-state index in [9.17, 15) is 18.0 Å². The molecular formula is C11H20N3O6S+. The average molecular weight is 322 g/mol. The van der Waals surface area contributed by atoms with Crippen molar-refractivity contribution in [2.45, 2.75) is 26.3 Å². The number of hydrogen-bond acceptors (Lipinski definition) is 8. The Morgan fingerprint density at radius 1 is 1.52 bits per heavy atom. The molecule has 0 saturated carbocycles. The molecule has 2 fully saturated rings. The summed E-state index contributed by atoms with van der Waals surface area (Å²) in [6, 6.07) is 0. The van der Waals surface area contributed by atoms with E-state index >= 15 is 0 Å². The predicted molar refractivity (Wildman–Crippen MR) is 70.8 cm³/mol. The first-order chi connectivity index (χ1) is 9.63. The molecule has 0 spiro atoms. The van der Waals surface area contributed by atoms with Gasteiger partial charge >= 0.3 is 12.1 Å². The molecule has 2 saturated heterocycles. The van der Waals surface area contributed by atoms with Crippen LogP contribution in [0.15, 0.2) is 0 Å². The number of nitrogens with one attached hydrogen (secondary N) is 1. The maximum absolute atomic E-state index is 12.3. The highest BCUT2D eigenvalue weighted by Crippen LogP contribution is 2.30. The zero-order chi connectivity index (χ0) is 15.9. The molecule has 1 atom stereocenters. The lowest BCUT2D eigenvalue weighted by Gasteiger charge is -2.46. The third kappa shape index (κ3) is 2.89. The third-order valence-electron chi connectivity index (χ3n) is 3.54. The molecule has 0 aromatic heterocycles. The van der Waals surface area contributed by atoms with Crippen LogP contribution in [0.4, 0.5) is 4.79 Å². The van der Waals surface area contributed by atoms with Crippen LogP contribution in [0.25, 0.3) is 0 Å². The third-order valence-corrected chi connectivity index (χ3v) is 5.49. The van der Waals surface area contributed by atoms with Crippen LogP contribution >= 0.6 is 0 Å². The van der Waals surface area contributed by atoms with Crippen molar-refractivity contribution < 1.29 is 32.3 Å². The van der Waals surface area contributed by atoms with Gasteiger partial charge in [0, 0.05) is 5.59 Å². The number of amides is 1. The van der Waals surface area contributed by atoms with Gasteiger partial charge in [-0.15, -0.1) is 5.01 Å². The number of carbonyl (C=O) groups excluding carboxylic acids is 2. The minimum absolute atomic E-state index is 0.0916. The molecule has 1 amide bonds. The fraction of sp³-hybridized carbons (Fsp3) is 0.818. The Morgan fingerprint density at radius 2 is 2.19 bits per heavy atom. The van der Waals surface area contributed by atoms with E-state index in [-0.39, 0.29) is 31.2 Å². The SMILES string of the molecule is CCOC(=O)[N+]1(N2CCS(=O)(=O)CC2(C)C)CC(=O)ON1. The highest BCUT2D eigenvalue weighted by Gasteiger charge is 2.60. The van der Waals surface area contributed by atoms with Gasteiger partial charge in [0.2, 0.25) is 6.54 Å². The second-order valence-electron chi connectivity index (χ2n) is 5.72. The quantitative estimate of drug-likeness (QED) is 0.670. The van der Waals surface area contributed by atoms with Crippen molar-refractivity contribution in [2.24, 2.45) is 0 Å². The number of hydrogen-bond donors (Lipinski definition) is 1. The Morgan fingerprint density at radius 3 is 2.67 bits per heavy atom. The zero-order valence-corrected chi connectivity index (χ0v) is 13.1. The normalized spacial score (nSPS) is 31.7. The molecule has 1 unspecified atom stereocenters. The molecule has 0 aromatic rings. The first-order valence-corrected chi connectivity index (χ1v) is 8.46. The summed E-state index contributed by atoms with van der Waals surface area (Å²) in [7, 11) is -3.19. The highest BCUT2D eigenvalue weighted by atomic mass is 32.2. The Labute approximate surface area is 123 Å². The van der Waals surface area contributed by atoms with Crippen LogP contribution in [0.3, 0.4) is 0 Å². The Hall–Kier alpha value is -1.23. The van der Waals surface area contributed by atoms with Gasteiger partial charge < -0.3 is 9.57 Å². The van der Waals surface area contributed by atoms with E-state index in [1.165, 1.54) is 0 Å². The number of rotatable bonds is 2. The maximum Gasteiger partial charge on any atom is 0.560 e. The minimum Gasteiger partial charge on any atom is -0.417 e. The van der Waals surface area contributed by atoms with Gasteiger partial charge in [0.1, 0.15) is 0 Å². The first-order valence-electron chi connectivity index (χ1n) is 6.64. The monoisotopic (exact) mass is 322 g/mol. The molecule has 1 N–H and O–H groups in total. The smallest absolute Gasteiger partial charge is 0.417 e. The summed E-state index contributed by atoms with van der Waals surface area (Å²) in [6.45, 7) is 5.02. The molecule has 0 aliphatic carbocycles. The molecule has 2 rings (SSSR count). The molecule has 120 valence electrons. The summed E-state index contributed by atoms with van der Waals surface area (Å²) in [4.78, 5) is 28.5. The molecule has 2 heterocycles. The molecule has 0 aromatic carbocycles. The average Bonchev–Trinajstić information content (AvgIpc) is 2.70. The first kappa shape index (κ1) is 16.1. The maximum atomic E-state index is 12.3. The zero-order valence-electron chi connectivity index (χ0n) is 12.3. The fourth-order valence-corrected chi connectivity index (χ4v) is 4.61. The van der Waals surface area contributed by atoms with Crippen molar-refractivity contribution in [3.8, 4) is 0 Å². The van der Waals surface area contributed by atoms with Crippen molar-refractivity contribution in [1.82, 2.24) is 10.6 Å². The summed E-state index contributed by atoms with van der Waals surface area (Å²) >= 11 is 0. The van der Waals surface area contributed by atoms with E-state index in [2.05, 4.69) is 5.59 Å². The number of quaternary nitrogens is 1. The molecule has 10 heteroatoms. The summed E-state index contributed by atoms with van der Waals surface area (Å²) in [5.74, 6) is -0.812. The van der Waals surface area contributed by atoms with Crippen LogP contribution in [-0.4, -0.2) is 66.9 Å². The summed E-state index contributed by atoms with van der Waals surface area (Å²) in [5, 5.41) is 1.59. The molecule has 0 bridgehead atoms. The summed E-state index contributed by atoms with van der Waals surface area (Å²) < 4.78 is 28.0. The van der Waals surface area contributed by atoms with Crippen LogP contribution in [0.5, 0.6) is 0 Å². The van der Waals surface area contributed by atoms with Crippen LogP contribution < -0.4 is 5.59 Å². The summed E-state index contributed by atoms with van der Waals surface area (Å²) in [6.07, 6.45) is -0.698. The van der Waals surface area contributed by atoms with Gasteiger partial charge in [-0.05, 0) is 25.5 Å². The lowest BCUT2D eigenvalue weighted by atomic mass is 10.1. The van der Waals surface area contributed by atoms with Gasteiger partial charge in [0.05, 0.1) is 30.2 Å². The van der Waals surface area contributed by atoms with E-state index in [0.29, 0.717) is 0 Å². The second kappa shape index (κ2) is 5.20. The van der Waals surface area contributed by atoms with Crippen molar-refractivity contribution >= 4 is 21.9 Å². The largest absolute Gasteiger partial charge is 0.560 e. The second-order valence-corrected chi connectivity index (χ2v) is 7.90. The number of nitrogens with zero attached hydrogens (tertiary/aromatic N) is 2. The highest BCUT2D eigenvalue weighted by molar-refractivity contribution is 7.91. The van der Waals surface area contributed by atoms with Gasteiger partial charge in [0.25, 0.3) is 0 Å². The molecule has 21 heavy (non-hydrogen) atoms. The number of carbonyl (C=O) groups is 2. The van der Waals surface area contributed by atoms with Gasteiger partial charge in [-0.1, -0.05) is 0 Å². The van der Waals surface area contributed by atoms with Crippen LogP contribution in [0.1, 0.15) is 20.8 Å². The summed E-state index contributed by atoms with van der Waals surface area (Å²) in [5.41, 5.74) is 1.55. The Bertz CT molecular complexity index is 560. The number of sulfone groups is 1. The van der Waals surface area contributed by atoms with E-state index in [1.54, 1.807) is 25.8 Å². The van der Waals surface area contributed by atoms with Crippen LogP contribution in [0.2, 0.25) is 0 Å². The van der Waals surface area contributed by atoms with E-state index in [1.807, 2.05) is 0 Å². The number of ether oxygens (including phenoxy) is 1. The van der Waals surface area contributed by atoms with Crippen LogP contribution in [-0.2, 0) is 24.2 Å². The van der Waals surface area contributed by atoms with Crippen molar-refractivity contribution in [1.29, 1.82) is 0 Å². The van der Waals surface area contributed by atoms with Crippen molar-refractivity contribution in [2.75, 3.05) is 31.2 Å². The topological polar surface area (TPSA) is 102 Å². The van der Waals surface area contributed by atoms with Gasteiger partial charge in [-0.25, -0.2) is 13.2 Å². The van der Waals surface area contributed by atoms with Gasteiger partial charge in [-0.2, -0.15) is 4.79 Å². The van der Waals surface area contributed by atoms with Crippen molar-refractivity contribution in [3.05, 3.63) is 0 Å². The van der Waals surface area contributed by atoms with E-state index in [4.69, 9.17) is 9.57 Å². The standard InChI is InChI=1S/C11H20N3O6S/c1-4-19-10(16)14(7-9(15)20-12-14)13-5-6-21(17,18)8-11(13,2)3/h12H,4-8H2,1-3H3/q+1. The molecule has 9 nitrogen and oxygen atoms in total. The molecular weight excluding hydrogens is 302 g/mol. The van der Waals surface area contributed by atoms with Crippen LogP contribution in [0, 0.1) is 0 Å². The molecule has 2 aliphatic heterocycles. The lowest BCUT2D eigenvalue weighted by Crippen LogP contribution is -2.75. The van der Waals surface area contributed by atoms with Crippen molar-refractivity contribution in [3.63, 3.8) is 0 Å².